The molecular weight excluding hydrogens is 387 g/mol. The van der Waals surface area contributed by atoms with Gasteiger partial charge in [0.2, 0.25) is 0 Å². The topological polar surface area (TPSA) is 48.0 Å². The van der Waals surface area contributed by atoms with Crippen LogP contribution in [0.3, 0.4) is 0 Å². The zero-order valence-electron chi connectivity index (χ0n) is 16.0. The lowest BCUT2D eigenvalue weighted by atomic mass is 9.90. The molecule has 3 aromatic carbocycles. The molecule has 0 aromatic heterocycles. The number of fused-ring (bicyclic) bond motifs is 2. The van der Waals surface area contributed by atoms with Gasteiger partial charge in [0.15, 0.2) is 11.5 Å². The van der Waals surface area contributed by atoms with Crippen LogP contribution >= 0.6 is 0 Å². The number of rotatable bonds is 3. The molecule has 0 saturated carbocycles. The summed E-state index contributed by atoms with van der Waals surface area (Å²) in [5.41, 5.74) is 0.983. The zero-order valence-corrected chi connectivity index (χ0v) is 16.0. The van der Waals surface area contributed by atoms with Gasteiger partial charge in [-0.15, -0.1) is 0 Å². The minimum absolute atomic E-state index is 0.0780. The summed E-state index contributed by atoms with van der Waals surface area (Å²) in [6.45, 7) is -0.0780. The lowest BCUT2D eigenvalue weighted by Crippen LogP contribution is -2.43. The Morgan fingerprint density at radius 1 is 0.966 bits per heavy atom. The molecule has 8 heteroatoms. The van der Waals surface area contributed by atoms with E-state index < -0.39 is 12.1 Å². The largest absolute Gasteiger partial charge is 0.496 e. The molecule has 0 spiro atoms. The Labute approximate surface area is 164 Å². The highest BCUT2D eigenvalue weighted by molar-refractivity contribution is 6.22. The molecule has 0 N–H and O–H groups in total. The predicted molar refractivity (Wildman–Crippen MR) is 103 cm³/mol. The Morgan fingerprint density at radius 2 is 1.69 bits per heavy atom. The number of hydrogen-bond acceptors (Lipinski definition) is 4. The molecule has 1 heterocycles. The third-order valence-corrected chi connectivity index (χ3v) is 5.21. The Bertz CT molecular complexity index is 1140. The van der Waals surface area contributed by atoms with Crippen LogP contribution in [-0.4, -0.2) is 40.0 Å². The average Bonchev–Trinajstić information content (AvgIpc) is 2.71. The number of ether oxygens (including phenoxy) is 3. The van der Waals surface area contributed by atoms with Crippen molar-refractivity contribution in [3.05, 3.63) is 35.9 Å². The van der Waals surface area contributed by atoms with Gasteiger partial charge in [0.05, 0.1) is 27.0 Å². The van der Waals surface area contributed by atoms with Crippen molar-refractivity contribution in [1.29, 1.82) is 0 Å². The summed E-state index contributed by atoms with van der Waals surface area (Å²) >= 11 is 0. The number of carbonyl (C=O) groups is 1. The van der Waals surface area contributed by atoms with Crippen LogP contribution < -0.4 is 19.1 Å². The van der Waals surface area contributed by atoms with Crippen molar-refractivity contribution in [3.8, 4) is 17.2 Å². The summed E-state index contributed by atoms with van der Waals surface area (Å²) in [5, 5.41) is 2.41. The normalized spacial score (nSPS) is 13.7. The SMILES string of the molecule is COc1cc2c3c(cc4cccc(OC)c4c3c1OC)N(C(=O)C(F)(F)F)CC2. The van der Waals surface area contributed by atoms with Crippen molar-refractivity contribution < 1.29 is 32.2 Å². The maximum atomic E-state index is 13.2. The number of benzene rings is 3. The Balaban J connectivity index is 2.20. The second-order valence-electron chi connectivity index (χ2n) is 6.68. The lowest BCUT2D eigenvalue weighted by Gasteiger charge is -2.32. The fourth-order valence-electron chi connectivity index (χ4n) is 4.03. The standard InChI is InChI=1S/C21H18F3NO4/c1-27-14-6-4-5-11-9-13-16-12(7-8-25(13)20(26)21(22,23)24)10-15(28-2)19(29-3)18(16)17(11)14/h4-6,9-10H,7-8H2,1-3H3. The van der Waals surface area contributed by atoms with Crippen LogP contribution in [0.1, 0.15) is 5.56 Å². The molecule has 0 bridgehead atoms. The number of carbonyl (C=O) groups excluding carboxylic acids is 1. The van der Waals surface area contributed by atoms with E-state index in [0.717, 1.165) is 10.5 Å². The summed E-state index contributed by atoms with van der Waals surface area (Å²) in [5.74, 6) is -0.494. The molecule has 29 heavy (non-hydrogen) atoms. The van der Waals surface area contributed by atoms with Crippen LogP contribution in [-0.2, 0) is 11.2 Å². The van der Waals surface area contributed by atoms with E-state index in [2.05, 4.69) is 0 Å². The van der Waals surface area contributed by atoms with Gasteiger partial charge in [-0.25, -0.2) is 0 Å². The highest BCUT2D eigenvalue weighted by atomic mass is 19.4. The molecule has 3 aromatic rings. The molecule has 4 rings (SSSR count). The first-order valence-electron chi connectivity index (χ1n) is 8.87. The zero-order chi connectivity index (χ0) is 20.9. The number of amides is 1. The first kappa shape index (κ1) is 19.2. The van der Waals surface area contributed by atoms with Gasteiger partial charge in [-0.1, -0.05) is 12.1 Å². The first-order valence-corrected chi connectivity index (χ1v) is 8.87. The number of nitrogens with zero attached hydrogens (tertiary/aromatic N) is 1. The van der Waals surface area contributed by atoms with Crippen LogP contribution in [0.2, 0.25) is 0 Å². The fraction of sp³-hybridized carbons (Fsp3) is 0.286. The minimum atomic E-state index is -4.97. The quantitative estimate of drug-likeness (QED) is 0.604. The van der Waals surface area contributed by atoms with E-state index in [0.29, 0.717) is 38.8 Å². The van der Waals surface area contributed by atoms with Crippen molar-refractivity contribution in [1.82, 2.24) is 0 Å². The van der Waals surface area contributed by atoms with Gasteiger partial charge in [0.1, 0.15) is 5.75 Å². The van der Waals surface area contributed by atoms with Crippen LogP contribution in [0.15, 0.2) is 30.3 Å². The summed E-state index contributed by atoms with van der Waals surface area (Å²) in [6, 6.07) is 8.62. The Morgan fingerprint density at radius 3 is 2.31 bits per heavy atom. The average molecular weight is 405 g/mol. The van der Waals surface area contributed by atoms with Gasteiger partial charge in [0.25, 0.3) is 0 Å². The van der Waals surface area contributed by atoms with Crippen molar-refractivity contribution in [2.24, 2.45) is 0 Å². The fourth-order valence-corrected chi connectivity index (χ4v) is 4.03. The summed E-state index contributed by atoms with van der Waals surface area (Å²) < 4.78 is 56.3. The lowest BCUT2D eigenvalue weighted by molar-refractivity contribution is -0.170. The monoisotopic (exact) mass is 405 g/mol. The van der Waals surface area contributed by atoms with Gasteiger partial charge in [-0.3, -0.25) is 4.79 Å². The van der Waals surface area contributed by atoms with Crippen molar-refractivity contribution in [3.63, 3.8) is 0 Å². The summed E-state index contributed by atoms with van der Waals surface area (Å²) in [7, 11) is 4.49. The van der Waals surface area contributed by atoms with Crippen molar-refractivity contribution in [2.45, 2.75) is 12.6 Å². The van der Waals surface area contributed by atoms with Gasteiger partial charge in [0, 0.05) is 22.7 Å². The number of anilines is 1. The highest BCUT2D eigenvalue weighted by Crippen LogP contribution is 2.50. The van der Waals surface area contributed by atoms with E-state index >= 15 is 0 Å². The maximum Gasteiger partial charge on any atom is 0.471 e. The van der Waals surface area contributed by atoms with E-state index in [1.54, 1.807) is 30.3 Å². The van der Waals surface area contributed by atoms with Gasteiger partial charge < -0.3 is 19.1 Å². The van der Waals surface area contributed by atoms with Crippen LogP contribution in [0.25, 0.3) is 21.5 Å². The predicted octanol–water partition coefficient (Wildman–Crippen LogP) is 4.47. The van der Waals surface area contributed by atoms with Gasteiger partial charge >= 0.3 is 12.1 Å². The van der Waals surface area contributed by atoms with Crippen molar-refractivity contribution >= 4 is 33.1 Å². The highest BCUT2D eigenvalue weighted by Gasteiger charge is 2.44. The second-order valence-corrected chi connectivity index (χ2v) is 6.68. The molecular formula is C21H18F3NO4. The third kappa shape index (κ3) is 2.82. The molecule has 0 saturated heterocycles. The summed E-state index contributed by atoms with van der Waals surface area (Å²) in [6.07, 6.45) is -4.71. The third-order valence-electron chi connectivity index (χ3n) is 5.21. The molecule has 0 atom stereocenters. The molecule has 1 amide bonds. The molecule has 0 aliphatic carbocycles. The van der Waals surface area contributed by atoms with Gasteiger partial charge in [-0.05, 0) is 35.6 Å². The molecule has 0 unspecified atom stereocenters. The second kappa shape index (κ2) is 6.72. The number of hydrogen-bond donors (Lipinski definition) is 0. The first-order chi connectivity index (χ1) is 13.8. The van der Waals surface area contributed by atoms with E-state index in [1.165, 1.54) is 21.3 Å². The van der Waals surface area contributed by atoms with Crippen molar-refractivity contribution in [2.75, 3.05) is 32.8 Å². The van der Waals surface area contributed by atoms with E-state index in [4.69, 9.17) is 14.2 Å². The van der Waals surface area contributed by atoms with Crippen LogP contribution in [0.4, 0.5) is 18.9 Å². The molecule has 152 valence electrons. The van der Waals surface area contributed by atoms with Crippen LogP contribution in [0.5, 0.6) is 17.2 Å². The number of halogens is 3. The molecule has 1 aliphatic heterocycles. The van der Waals surface area contributed by atoms with E-state index in [-0.39, 0.29) is 18.7 Å². The molecule has 0 fully saturated rings. The maximum absolute atomic E-state index is 13.2. The Kier molecular flexibility index (Phi) is 4.44. The van der Waals surface area contributed by atoms with E-state index in [9.17, 15) is 18.0 Å². The minimum Gasteiger partial charge on any atom is -0.496 e. The molecule has 1 aliphatic rings. The van der Waals surface area contributed by atoms with Crippen LogP contribution in [0, 0.1) is 0 Å². The number of alkyl halides is 3. The molecule has 0 radical (unpaired) electrons. The van der Waals surface area contributed by atoms with E-state index in [1.807, 2.05) is 0 Å². The number of methoxy groups -OCH3 is 3. The smallest absolute Gasteiger partial charge is 0.471 e. The van der Waals surface area contributed by atoms with Gasteiger partial charge in [-0.2, -0.15) is 13.2 Å². The Hall–Kier alpha value is -3.16. The molecule has 5 nitrogen and oxygen atoms in total. The summed E-state index contributed by atoms with van der Waals surface area (Å²) in [4.78, 5) is 12.9.